The van der Waals surface area contributed by atoms with Crippen molar-refractivity contribution >= 4 is 40.9 Å². The van der Waals surface area contributed by atoms with Crippen LogP contribution in [0.3, 0.4) is 0 Å². The maximum Gasteiger partial charge on any atom is 0.327 e. The normalized spacial score (nSPS) is 19.6. The van der Waals surface area contributed by atoms with Gasteiger partial charge >= 0.3 is 5.97 Å². The highest BCUT2D eigenvalue weighted by atomic mass is 32.2. The average molecular weight is 369 g/mol. The molecule has 1 aliphatic rings. The van der Waals surface area contributed by atoms with Gasteiger partial charge in [-0.15, -0.1) is 11.8 Å². The molecule has 1 aromatic rings. The van der Waals surface area contributed by atoms with E-state index in [-0.39, 0.29) is 29.3 Å². The Kier molecular flexibility index (Phi) is 5.80. The number of aliphatic carboxylic acids is 1. The minimum absolute atomic E-state index is 0.0135. The van der Waals surface area contributed by atoms with Crippen LogP contribution in [0.5, 0.6) is 5.75 Å². The van der Waals surface area contributed by atoms with Crippen molar-refractivity contribution in [2.24, 2.45) is 0 Å². The van der Waals surface area contributed by atoms with Gasteiger partial charge in [-0.2, -0.15) is 0 Å². The van der Waals surface area contributed by atoms with Gasteiger partial charge in [-0.25, -0.2) is 4.79 Å². The molecule has 25 heavy (non-hydrogen) atoms. The van der Waals surface area contributed by atoms with Crippen LogP contribution >= 0.6 is 11.8 Å². The Morgan fingerprint density at radius 1 is 1.52 bits per heavy atom. The summed E-state index contributed by atoms with van der Waals surface area (Å²) in [6.07, 6.45) is -0.230. The van der Waals surface area contributed by atoms with Gasteiger partial charge in [0.15, 0.2) is 0 Å². The van der Waals surface area contributed by atoms with Crippen molar-refractivity contribution in [3.63, 3.8) is 0 Å². The second kappa shape index (κ2) is 7.83. The van der Waals surface area contributed by atoms with E-state index < -0.39 is 34.0 Å². The van der Waals surface area contributed by atoms with Crippen LogP contribution in [-0.2, 0) is 14.4 Å². The Morgan fingerprint density at radius 2 is 2.24 bits per heavy atom. The fraction of sp³-hybridized carbons (Fsp3) is 0.357. The summed E-state index contributed by atoms with van der Waals surface area (Å²) in [5.41, 5.74) is -0.347. The van der Waals surface area contributed by atoms with Gasteiger partial charge in [0.1, 0.15) is 17.5 Å². The van der Waals surface area contributed by atoms with Crippen LogP contribution in [0.2, 0.25) is 0 Å². The standard InChI is InChI=1S/C14H15N3O7S/c1-24-7-2-3-8(10(4-7)17(22)23)15-12(18)5-11-13(19)16-9(6-25-11)14(20)21/h2-4,9,11H,5-6H2,1H3,(H,15,18)(H,16,19)(H,20,21)/t9-,11+/m1/s1. The average Bonchev–Trinajstić information content (AvgIpc) is 2.56. The van der Waals surface area contributed by atoms with Gasteiger partial charge in [0.2, 0.25) is 11.8 Å². The highest BCUT2D eigenvalue weighted by Gasteiger charge is 2.33. The molecular weight excluding hydrogens is 354 g/mol. The monoisotopic (exact) mass is 369 g/mol. The van der Waals surface area contributed by atoms with E-state index >= 15 is 0 Å². The van der Waals surface area contributed by atoms with E-state index in [4.69, 9.17) is 9.84 Å². The summed E-state index contributed by atoms with van der Waals surface area (Å²) < 4.78 is 4.91. The van der Waals surface area contributed by atoms with Crippen molar-refractivity contribution in [2.75, 3.05) is 18.2 Å². The lowest BCUT2D eigenvalue weighted by Gasteiger charge is -2.25. The number of nitrogens with one attached hydrogen (secondary N) is 2. The molecule has 1 fully saturated rings. The first kappa shape index (κ1) is 18.5. The zero-order valence-electron chi connectivity index (χ0n) is 13.1. The predicted molar refractivity (Wildman–Crippen MR) is 88.7 cm³/mol. The molecule has 10 nitrogen and oxygen atoms in total. The van der Waals surface area contributed by atoms with Crippen molar-refractivity contribution in [1.29, 1.82) is 0 Å². The molecule has 1 saturated heterocycles. The Balaban J connectivity index is 2.02. The number of rotatable bonds is 6. The number of ether oxygens (including phenoxy) is 1. The molecule has 0 unspecified atom stereocenters. The molecule has 0 radical (unpaired) electrons. The lowest BCUT2D eigenvalue weighted by Crippen LogP contribution is -2.51. The number of benzene rings is 1. The first-order chi connectivity index (χ1) is 11.8. The molecule has 2 amide bonds. The number of hydrogen-bond acceptors (Lipinski definition) is 7. The Bertz CT molecular complexity index is 724. The number of thioether (sulfide) groups is 1. The number of carbonyl (C=O) groups excluding carboxylic acids is 2. The van der Waals surface area contributed by atoms with Gasteiger partial charge in [0.25, 0.3) is 5.69 Å². The summed E-state index contributed by atoms with van der Waals surface area (Å²) in [7, 11) is 1.36. The molecule has 2 atom stereocenters. The second-order valence-corrected chi connectivity index (χ2v) is 6.35. The Hall–Kier alpha value is -2.82. The predicted octanol–water partition coefficient (Wildman–Crippen LogP) is 0.617. The molecule has 0 aromatic heterocycles. The number of nitrogens with zero attached hydrogens (tertiary/aromatic N) is 1. The number of methoxy groups -OCH3 is 1. The summed E-state index contributed by atoms with van der Waals surface area (Å²) in [6.45, 7) is 0. The van der Waals surface area contributed by atoms with Crippen molar-refractivity contribution in [2.45, 2.75) is 17.7 Å². The first-order valence-corrected chi connectivity index (χ1v) is 8.13. The van der Waals surface area contributed by atoms with Gasteiger partial charge in [-0.05, 0) is 12.1 Å². The van der Waals surface area contributed by atoms with Gasteiger partial charge in [0.05, 0.1) is 23.3 Å². The van der Waals surface area contributed by atoms with E-state index in [1.165, 1.54) is 25.3 Å². The first-order valence-electron chi connectivity index (χ1n) is 7.09. The Morgan fingerprint density at radius 3 is 2.80 bits per heavy atom. The molecule has 1 aromatic carbocycles. The van der Waals surface area contributed by atoms with Crippen LogP contribution in [0.1, 0.15) is 6.42 Å². The van der Waals surface area contributed by atoms with E-state index in [1.807, 2.05) is 0 Å². The highest BCUT2D eigenvalue weighted by Crippen LogP contribution is 2.29. The largest absolute Gasteiger partial charge is 0.496 e. The zero-order chi connectivity index (χ0) is 18.6. The molecule has 0 saturated carbocycles. The molecule has 11 heteroatoms. The molecule has 1 heterocycles. The number of nitro groups is 1. The van der Waals surface area contributed by atoms with Gasteiger partial charge in [0, 0.05) is 12.2 Å². The quantitative estimate of drug-likeness (QED) is 0.488. The molecule has 3 N–H and O–H groups in total. The molecule has 0 bridgehead atoms. The van der Waals surface area contributed by atoms with Crippen molar-refractivity contribution in [1.82, 2.24) is 5.32 Å². The number of carbonyl (C=O) groups is 3. The van der Waals surface area contributed by atoms with Crippen LogP contribution in [0.15, 0.2) is 18.2 Å². The van der Waals surface area contributed by atoms with E-state index in [0.717, 1.165) is 11.8 Å². The SMILES string of the molecule is COc1ccc(NC(=O)C[C@@H]2SC[C@H](C(=O)O)NC2=O)c([N+](=O)[O-])c1. The van der Waals surface area contributed by atoms with Crippen molar-refractivity contribution < 1.29 is 29.2 Å². The number of hydrogen-bond donors (Lipinski definition) is 3. The molecular formula is C14H15N3O7S. The van der Waals surface area contributed by atoms with Crippen LogP contribution in [-0.4, -0.2) is 52.0 Å². The minimum Gasteiger partial charge on any atom is -0.496 e. The van der Waals surface area contributed by atoms with Crippen LogP contribution < -0.4 is 15.4 Å². The summed E-state index contributed by atoms with van der Waals surface area (Å²) in [5, 5.41) is 23.9. The fourth-order valence-electron chi connectivity index (χ4n) is 2.14. The molecule has 134 valence electrons. The molecule has 1 aliphatic heterocycles. The summed E-state index contributed by atoms with van der Waals surface area (Å²) in [5.74, 6) is -1.87. The lowest BCUT2D eigenvalue weighted by atomic mass is 10.2. The van der Waals surface area contributed by atoms with Gasteiger partial charge in [-0.3, -0.25) is 19.7 Å². The topological polar surface area (TPSA) is 148 Å². The third-order valence-electron chi connectivity index (χ3n) is 3.42. The fourth-order valence-corrected chi connectivity index (χ4v) is 3.28. The number of carboxylic acids is 1. The van der Waals surface area contributed by atoms with E-state index in [1.54, 1.807) is 0 Å². The minimum atomic E-state index is -1.14. The number of carboxylic acid groups (broad SMARTS) is 1. The van der Waals surface area contributed by atoms with E-state index in [0.29, 0.717) is 0 Å². The summed E-state index contributed by atoms with van der Waals surface area (Å²) in [4.78, 5) is 45.2. The van der Waals surface area contributed by atoms with Crippen LogP contribution in [0.4, 0.5) is 11.4 Å². The molecule has 0 spiro atoms. The summed E-state index contributed by atoms with van der Waals surface area (Å²) in [6, 6.07) is 2.99. The van der Waals surface area contributed by atoms with Gasteiger partial charge in [-0.1, -0.05) is 0 Å². The van der Waals surface area contributed by atoms with Crippen LogP contribution in [0.25, 0.3) is 0 Å². The maximum absolute atomic E-state index is 12.1. The third kappa shape index (κ3) is 4.59. The lowest BCUT2D eigenvalue weighted by molar-refractivity contribution is -0.384. The van der Waals surface area contributed by atoms with Crippen LogP contribution in [0, 0.1) is 10.1 Å². The highest BCUT2D eigenvalue weighted by molar-refractivity contribution is 8.00. The molecule has 2 rings (SSSR count). The number of nitro benzene ring substituents is 1. The van der Waals surface area contributed by atoms with Crippen molar-refractivity contribution in [3.8, 4) is 5.75 Å². The van der Waals surface area contributed by atoms with Gasteiger partial charge < -0.3 is 20.5 Å². The molecule has 0 aliphatic carbocycles. The second-order valence-electron chi connectivity index (χ2n) is 5.11. The van der Waals surface area contributed by atoms with Crippen molar-refractivity contribution in [3.05, 3.63) is 28.3 Å². The smallest absolute Gasteiger partial charge is 0.327 e. The zero-order valence-corrected chi connectivity index (χ0v) is 13.9. The van der Waals surface area contributed by atoms with E-state index in [2.05, 4.69) is 10.6 Å². The number of anilines is 1. The third-order valence-corrected chi connectivity index (χ3v) is 4.73. The Labute approximate surface area is 146 Å². The maximum atomic E-state index is 12.1. The summed E-state index contributed by atoms with van der Waals surface area (Å²) >= 11 is 1.06. The van der Waals surface area contributed by atoms with E-state index in [9.17, 15) is 24.5 Å². The number of amides is 2.